The summed E-state index contributed by atoms with van der Waals surface area (Å²) in [6, 6.07) is 22.6. The van der Waals surface area contributed by atoms with Gasteiger partial charge in [0.25, 0.3) is 0 Å². The van der Waals surface area contributed by atoms with Crippen LogP contribution in [-0.4, -0.2) is 6.04 Å². The van der Waals surface area contributed by atoms with E-state index in [9.17, 15) is 5.26 Å². The minimum Gasteiger partial charge on any atom is -0.288 e. The van der Waals surface area contributed by atoms with E-state index in [-0.39, 0.29) is 12.1 Å². The molecule has 2 rings (SSSR count). The second-order valence-corrected chi connectivity index (χ2v) is 5.24. The van der Waals surface area contributed by atoms with Crippen molar-refractivity contribution in [2.75, 3.05) is 0 Å². The lowest BCUT2D eigenvalue weighted by molar-refractivity contribution is 0.598. The Kier molecular flexibility index (Phi) is 6.41. The summed E-state index contributed by atoms with van der Waals surface area (Å²) in [6.45, 7) is 2.13. The maximum atomic E-state index is 9.40. The molecule has 0 aliphatic heterocycles. The summed E-state index contributed by atoms with van der Waals surface area (Å²) >= 11 is 0. The molecule has 0 fully saturated rings. The van der Waals surface area contributed by atoms with Gasteiger partial charge in [0, 0.05) is 0 Å². The van der Waals surface area contributed by atoms with E-state index in [1.165, 1.54) is 0 Å². The molecule has 0 amide bonds. The highest BCUT2D eigenvalue weighted by Crippen LogP contribution is 2.22. The first kappa shape index (κ1) is 16.0. The topological polar surface area (TPSA) is 35.8 Å². The van der Waals surface area contributed by atoms with Gasteiger partial charge in [-0.3, -0.25) is 5.32 Å². The van der Waals surface area contributed by atoms with Crippen LogP contribution in [0.5, 0.6) is 0 Å². The fraction of sp³-hybridized carbons (Fsp3) is 0.250. The third-order valence-electron chi connectivity index (χ3n) is 3.53. The molecule has 2 heteroatoms. The molecule has 0 saturated carbocycles. The van der Waals surface area contributed by atoms with E-state index in [0.717, 1.165) is 24.0 Å². The first-order valence-electron chi connectivity index (χ1n) is 7.77. The third kappa shape index (κ3) is 4.58. The Morgan fingerprint density at radius 2 is 1.55 bits per heavy atom. The number of nitrogens with one attached hydrogen (secondary N) is 1. The molecule has 0 saturated heterocycles. The molecule has 2 aromatic carbocycles. The molecule has 0 aromatic heterocycles. The molecular formula is C20H22N2. The molecule has 1 unspecified atom stereocenters. The van der Waals surface area contributed by atoms with Gasteiger partial charge in [0.1, 0.15) is 6.04 Å². The van der Waals surface area contributed by atoms with Gasteiger partial charge in [0.05, 0.1) is 12.1 Å². The Morgan fingerprint density at radius 1 is 1.00 bits per heavy atom. The van der Waals surface area contributed by atoms with Crippen molar-refractivity contribution in [1.82, 2.24) is 5.32 Å². The Hall–Kier alpha value is -2.37. The molecule has 2 nitrogen and oxygen atoms in total. The molecule has 1 atom stereocenters. The summed E-state index contributed by atoms with van der Waals surface area (Å²) in [5, 5.41) is 12.9. The van der Waals surface area contributed by atoms with Crippen LogP contribution in [0, 0.1) is 11.3 Å². The molecule has 0 radical (unpaired) electrons. The highest BCUT2D eigenvalue weighted by Gasteiger charge is 2.16. The van der Waals surface area contributed by atoms with Crippen molar-refractivity contribution in [3.8, 4) is 6.07 Å². The number of rotatable bonds is 7. The average Bonchev–Trinajstić information content (AvgIpc) is 2.59. The smallest absolute Gasteiger partial charge is 0.115 e. The molecule has 0 bridgehead atoms. The van der Waals surface area contributed by atoms with Gasteiger partial charge in [-0.25, -0.2) is 0 Å². The third-order valence-corrected chi connectivity index (χ3v) is 3.53. The molecule has 0 aliphatic rings. The molecular weight excluding hydrogens is 268 g/mol. The van der Waals surface area contributed by atoms with E-state index in [1.54, 1.807) is 0 Å². The van der Waals surface area contributed by atoms with Gasteiger partial charge in [0.2, 0.25) is 0 Å². The van der Waals surface area contributed by atoms with Gasteiger partial charge in [-0.2, -0.15) is 5.26 Å². The van der Waals surface area contributed by atoms with Crippen molar-refractivity contribution in [3.63, 3.8) is 0 Å². The average molecular weight is 290 g/mol. The predicted molar refractivity (Wildman–Crippen MR) is 91.3 cm³/mol. The molecule has 0 spiro atoms. The number of hydrogen-bond acceptors (Lipinski definition) is 2. The first-order chi connectivity index (χ1) is 10.8. The maximum absolute atomic E-state index is 9.40. The molecule has 0 aliphatic carbocycles. The zero-order valence-corrected chi connectivity index (χ0v) is 12.9. The predicted octanol–water partition coefficient (Wildman–Crippen LogP) is 4.61. The lowest BCUT2D eigenvalue weighted by Crippen LogP contribution is -2.31. The molecule has 22 heavy (non-hydrogen) atoms. The minimum absolute atomic E-state index is 0.0123. The van der Waals surface area contributed by atoms with Crippen LogP contribution < -0.4 is 5.32 Å². The summed E-state index contributed by atoms with van der Waals surface area (Å²) in [5.74, 6) is 0. The summed E-state index contributed by atoms with van der Waals surface area (Å²) in [7, 11) is 0. The maximum Gasteiger partial charge on any atom is 0.115 e. The zero-order chi connectivity index (χ0) is 15.6. The lowest BCUT2D eigenvalue weighted by Gasteiger charge is -2.21. The van der Waals surface area contributed by atoms with Crippen molar-refractivity contribution in [1.29, 1.82) is 5.26 Å². The standard InChI is InChI=1S/C20H22N2/c1-2-3-6-15-19(16-21)22-20(17-11-7-4-8-12-17)18-13-9-5-10-14-18/h4-15,19-20,22H,2-3H2,1H3/b15-6+. The monoisotopic (exact) mass is 290 g/mol. The summed E-state index contributed by atoms with van der Waals surface area (Å²) < 4.78 is 0. The van der Waals surface area contributed by atoms with Crippen LogP contribution in [0.25, 0.3) is 0 Å². The normalized spacial score (nSPS) is 12.4. The molecule has 112 valence electrons. The van der Waals surface area contributed by atoms with E-state index in [4.69, 9.17) is 0 Å². The second-order valence-electron chi connectivity index (χ2n) is 5.24. The van der Waals surface area contributed by atoms with Crippen molar-refractivity contribution >= 4 is 0 Å². The largest absolute Gasteiger partial charge is 0.288 e. The van der Waals surface area contributed by atoms with E-state index >= 15 is 0 Å². The second kappa shape index (κ2) is 8.81. The van der Waals surface area contributed by atoms with E-state index in [1.807, 2.05) is 42.5 Å². The summed E-state index contributed by atoms with van der Waals surface area (Å²) in [4.78, 5) is 0. The quantitative estimate of drug-likeness (QED) is 0.756. The van der Waals surface area contributed by atoms with E-state index in [0.29, 0.717) is 0 Å². The zero-order valence-electron chi connectivity index (χ0n) is 12.9. The van der Waals surface area contributed by atoms with Crippen molar-refractivity contribution in [3.05, 3.63) is 83.9 Å². The fourth-order valence-corrected chi connectivity index (χ4v) is 2.39. The van der Waals surface area contributed by atoms with Gasteiger partial charge >= 0.3 is 0 Å². The van der Waals surface area contributed by atoms with E-state index in [2.05, 4.69) is 48.7 Å². The van der Waals surface area contributed by atoms with Crippen molar-refractivity contribution < 1.29 is 0 Å². The van der Waals surface area contributed by atoms with Crippen molar-refractivity contribution in [2.45, 2.75) is 31.8 Å². The SMILES string of the molecule is CCC/C=C/C(C#N)NC(c1ccccc1)c1ccccc1. The van der Waals surface area contributed by atoms with E-state index < -0.39 is 0 Å². The Bertz CT molecular complexity index is 572. The van der Waals surface area contributed by atoms with Crippen LogP contribution in [0.4, 0.5) is 0 Å². The van der Waals surface area contributed by atoms with Gasteiger partial charge in [-0.05, 0) is 17.5 Å². The summed E-state index contributed by atoms with van der Waals surface area (Å²) in [6.07, 6.45) is 6.13. The van der Waals surface area contributed by atoms with Gasteiger partial charge in [0.15, 0.2) is 0 Å². The lowest BCUT2D eigenvalue weighted by atomic mass is 9.98. The highest BCUT2D eigenvalue weighted by atomic mass is 14.9. The highest BCUT2D eigenvalue weighted by molar-refractivity contribution is 5.32. The van der Waals surface area contributed by atoms with Crippen LogP contribution in [-0.2, 0) is 0 Å². The number of nitriles is 1. The number of unbranched alkanes of at least 4 members (excludes halogenated alkanes) is 1. The van der Waals surface area contributed by atoms with Gasteiger partial charge < -0.3 is 0 Å². The van der Waals surface area contributed by atoms with Crippen molar-refractivity contribution in [2.24, 2.45) is 0 Å². The number of nitrogens with zero attached hydrogens (tertiary/aromatic N) is 1. The number of benzene rings is 2. The van der Waals surface area contributed by atoms with Gasteiger partial charge in [-0.15, -0.1) is 0 Å². The minimum atomic E-state index is -0.294. The molecule has 2 aromatic rings. The van der Waals surface area contributed by atoms with Crippen LogP contribution >= 0.6 is 0 Å². The summed E-state index contributed by atoms with van der Waals surface area (Å²) in [5.41, 5.74) is 2.33. The Morgan fingerprint density at radius 3 is 2.00 bits per heavy atom. The Labute approximate surface area is 133 Å². The number of allylic oxidation sites excluding steroid dienone is 1. The molecule has 1 N–H and O–H groups in total. The molecule has 0 heterocycles. The fourth-order valence-electron chi connectivity index (χ4n) is 2.39. The van der Waals surface area contributed by atoms with Crippen LogP contribution in [0.3, 0.4) is 0 Å². The Balaban J connectivity index is 2.24. The van der Waals surface area contributed by atoms with Crippen LogP contribution in [0.2, 0.25) is 0 Å². The number of hydrogen-bond donors (Lipinski definition) is 1. The van der Waals surface area contributed by atoms with Crippen LogP contribution in [0.15, 0.2) is 72.8 Å². The van der Waals surface area contributed by atoms with Crippen LogP contribution in [0.1, 0.15) is 36.9 Å². The van der Waals surface area contributed by atoms with Gasteiger partial charge in [-0.1, -0.05) is 86.2 Å². The first-order valence-corrected chi connectivity index (χ1v) is 7.77.